The minimum atomic E-state index is -0.364. The van der Waals surface area contributed by atoms with Crippen LogP contribution < -0.4 is 15.4 Å². The Labute approximate surface area is 133 Å². The number of rotatable bonds is 6. The van der Waals surface area contributed by atoms with Crippen LogP contribution >= 0.6 is 12.4 Å². The van der Waals surface area contributed by atoms with Crippen LogP contribution in [0.25, 0.3) is 0 Å². The number of carbonyl (C=O) groups is 1. The molecule has 4 nitrogen and oxygen atoms in total. The normalized spacial score (nSPS) is 20.7. The van der Waals surface area contributed by atoms with Crippen molar-refractivity contribution in [2.24, 2.45) is 0 Å². The number of amides is 1. The minimum Gasteiger partial charge on any atom is -0.494 e. The van der Waals surface area contributed by atoms with Crippen molar-refractivity contribution in [1.29, 1.82) is 0 Å². The highest BCUT2D eigenvalue weighted by Crippen LogP contribution is 2.23. The lowest BCUT2D eigenvalue weighted by molar-refractivity contribution is -0.127. The molecule has 0 saturated carbocycles. The van der Waals surface area contributed by atoms with Gasteiger partial charge in [-0.15, -0.1) is 12.4 Å². The van der Waals surface area contributed by atoms with Gasteiger partial charge < -0.3 is 15.4 Å². The molecule has 2 rings (SSSR count). The van der Waals surface area contributed by atoms with E-state index in [1.54, 1.807) is 0 Å². The largest absolute Gasteiger partial charge is 0.494 e. The summed E-state index contributed by atoms with van der Waals surface area (Å²) in [6.07, 6.45) is 2.83. The fourth-order valence-corrected chi connectivity index (χ4v) is 2.73. The summed E-state index contributed by atoms with van der Waals surface area (Å²) in [5.74, 6) is 0.961. The third kappa shape index (κ3) is 4.35. The van der Waals surface area contributed by atoms with Crippen LogP contribution in [0.4, 0.5) is 0 Å². The predicted molar refractivity (Wildman–Crippen MR) is 87.0 cm³/mol. The number of hydrogen-bond donors (Lipinski definition) is 2. The van der Waals surface area contributed by atoms with E-state index in [1.165, 1.54) is 0 Å². The van der Waals surface area contributed by atoms with Crippen LogP contribution in [-0.4, -0.2) is 24.6 Å². The fraction of sp³-hybridized carbons (Fsp3) is 0.562. The zero-order chi connectivity index (χ0) is 14.4. The van der Waals surface area contributed by atoms with Gasteiger partial charge in [0.1, 0.15) is 5.75 Å². The maximum Gasteiger partial charge on any atom is 0.240 e. The zero-order valence-electron chi connectivity index (χ0n) is 12.8. The Kier molecular flexibility index (Phi) is 6.99. The maximum absolute atomic E-state index is 12.4. The summed E-state index contributed by atoms with van der Waals surface area (Å²) in [4.78, 5) is 12.4. The molecule has 1 saturated heterocycles. The molecular weight excluding hydrogens is 288 g/mol. The second kappa shape index (κ2) is 8.25. The van der Waals surface area contributed by atoms with Crippen molar-refractivity contribution in [2.45, 2.75) is 45.2 Å². The highest BCUT2D eigenvalue weighted by Gasteiger charge is 2.38. The van der Waals surface area contributed by atoms with Crippen LogP contribution in [0.3, 0.4) is 0 Å². The first-order valence-electron chi connectivity index (χ1n) is 7.45. The second-order valence-electron chi connectivity index (χ2n) is 5.23. The maximum atomic E-state index is 12.4. The van der Waals surface area contributed by atoms with E-state index < -0.39 is 0 Å². The van der Waals surface area contributed by atoms with Crippen molar-refractivity contribution in [3.8, 4) is 5.75 Å². The first-order chi connectivity index (χ1) is 9.70. The summed E-state index contributed by atoms with van der Waals surface area (Å²) < 4.78 is 5.47. The van der Waals surface area contributed by atoms with Gasteiger partial charge in [-0.3, -0.25) is 4.79 Å². The van der Waals surface area contributed by atoms with Crippen LogP contribution in [-0.2, 0) is 11.3 Å². The third-order valence-corrected chi connectivity index (χ3v) is 3.94. The van der Waals surface area contributed by atoms with E-state index in [-0.39, 0.29) is 23.9 Å². The topological polar surface area (TPSA) is 50.4 Å². The average molecular weight is 313 g/mol. The van der Waals surface area contributed by atoms with Gasteiger partial charge in [0, 0.05) is 6.54 Å². The molecule has 118 valence electrons. The summed E-state index contributed by atoms with van der Waals surface area (Å²) in [6, 6.07) is 7.87. The Balaban J connectivity index is 0.00000220. The lowest BCUT2D eigenvalue weighted by Gasteiger charge is -2.26. The summed E-state index contributed by atoms with van der Waals surface area (Å²) in [6.45, 7) is 6.15. The van der Waals surface area contributed by atoms with E-state index in [9.17, 15) is 4.79 Å². The van der Waals surface area contributed by atoms with Gasteiger partial charge in [-0.05, 0) is 50.4 Å². The standard InChI is InChI=1S/C16H24N2O2.ClH/c1-3-16(9-6-10-18-16)15(19)17-12-13-7-5-8-14(11-13)20-4-2;/h5,7-8,11,18H,3-4,6,9-10,12H2,1-2H3,(H,17,19);1H. The van der Waals surface area contributed by atoms with Crippen molar-refractivity contribution in [3.05, 3.63) is 29.8 Å². The molecule has 1 heterocycles. The van der Waals surface area contributed by atoms with Crippen molar-refractivity contribution < 1.29 is 9.53 Å². The molecule has 1 amide bonds. The Morgan fingerprint density at radius 3 is 2.86 bits per heavy atom. The first-order valence-corrected chi connectivity index (χ1v) is 7.45. The first kappa shape index (κ1) is 17.8. The fourth-order valence-electron chi connectivity index (χ4n) is 2.73. The quantitative estimate of drug-likeness (QED) is 0.849. The Morgan fingerprint density at radius 1 is 1.43 bits per heavy atom. The molecule has 1 aliphatic heterocycles. The molecular formula is C16H25ClN2O2. The van der Waals surface area contributed by atoms with Gasteiger partial charge in [-0.25, -0.2) is 0 Å². The molecule has 2 N–H and O–H groups in total. The third-order valence-electron chi connectivity index (χ3n) is 3.94. The molecule has 1 unspecified atom stereocenters. The lowest BCUT2D eigenvalue weighted by atomic mass is 9.93. The molecule has 21 heavy (non-hydrogen) atoms. The molecule has 0 aromatic heterocycles. The van der Waals surface area contributed by atoms with Gasteiger partial charge in [0.2, 0.25) is 5.91 Å². The smallest absolute Gasteiger partial charge is 0.240 e. The van der Waals surface area contributed by atoms with Crippen molar-refractivity contribution in [2.75, 3.05) is 13.2 Å². The highest BCUT2D eigenvalue weighted by atomic mass is 35.5. The molecule has 0 radical (unpaired) electrons. The van der Waals surface area contributed by atoms with E-state index in [4.69, 9.17) is 4.74 Å². The summed E-state index contributed by atoms with van der Waals surface area (Å²) in [5, 5.41) is 6.40. The number of carbonyl (C=O) groups excluding carboxylic acids is 1. The van der Waals surface area contributed by atoms with Gasteiger partial charge in [-0.1, -0.05) is 19.1 Å². The summed E-state index contributed by atoms with van der Waals surface area (Å²) in [5.41, 5.74) is 0.700. The van der Waals surface area contributed by atoms with Crippen LogP contribution in [0.1, 0.15) is 38.7 Å². The van der Waals surface area contributed by atoms with Crippen LogP contribution in [0.15, 0.2) is 24.3 Å². The molecule has 1 aliphatic rings. The highest BCUT2D eigenvalue weighted by molar-refractivity contribution is 5.86. The SMILES string of the molecule is CCOc1cccc(CNC(=O)C2(CC)CCCN2)c1.Cl. The zero-order valence-corrected chi connectivity index (χ0v) is 13.6. The van der Waals surface area contributed by atoms with Gasteiger partial charge in [0.25, 0.3) is 0 Å². The van der Waals surface area contributed by atoms with Gasteiger partial charge in [0.15, 0.2) is 0 Å². The van der Waals surface area contributed by atoms with Gasteiger partial charge >= 0.3 is 0 Å². The van der Waals surface area contributed by atoms with E-state index in [0.717, 1.165) is 37.1 Å². The minimum absolute atomic E-state index is 0. The average Bonchev–Trinajstić information content (AvgIpc) is 2.96. The number of ether oxygens (including phenoxy) is 1. The van der Waals surface area contributed by atoms with E-state index in [1.807, 2.05) is 31.2 Å². The van der Waals surface area contributed by atoms with E-state index in [0.29, 0.717) is 13.2 Å². The second-order valence-corrected chi connectivity index (χ2v) is 5.23. The van der Waals surface area contributed by atoms with E-state index >= 15 is 0 Å². The molecule has 0 bridgehead atoms. The Hall–Kier alpha value is -1.26. The van der Waals surface area contributed by atoms with Crippen molar-refractivity contribution >= 4 is 18.3 Å². The van der Waals surface area contributed by atoms with Crippen LogP contribution in [0.5, 0.6) is 5.75 Å². The van der Waals surface area contributed by atoms with Gasteiger partial charge in [0.05, 0.1) is 12.1 Å². The number of benzene rings is 1. The Bertz CT molecular complexity index is 459. The number of hydrogen-bond acceptors (Lipinski definition) is 3. The molecule has 5 heteroatoms. The Morgan fingerprint density at radius 2 is 2.24 bits per heavy atom. The number of nitrogens with one attached hydrogen (secondary N) is 2. The lowest BCUT2D eigenvalue weighted by Crippen LogP contribution is -2.52. The van der Waals surface area contributed by atoms with Crippen LogP contribution in [0, 0.1) is 0 Å². The van der Waals surface area contributed by atoms with Crippen molar-refractivity contribution in [3.63, 3.8) is 0 Å². The molecule has 0 aliphatic carbocycles. The molecule has 1 aromatic rings. The molecule has 0 spiro atoms. The summed E-state index contributed by atoms with van der Waals surface area (Å²) in [7, 11) is 0. The number of halogens is 1. The summed E-state index contributed by atoms with van der Waals surface area (Å²) >= 11 is 0. The molecule has 1 atom stereocenters. The monoisotopic (exact) mass is 312 g/mol. The van der Waals surface area contributed by atoms with Crippen LogP contribution in [0.2, 0.25) is 0 Å². The van der Waals surface area contributed by atoms with Crippen molar-refractivity contribution in [1.82, 2.24) is 10.6 Å². The van der Waals surface area contributed by atoms with Gasteiger partial charge in [-0.2, -0.15) is 0 Å². The molecule has 1 aromatic carbocycles. The molecule has 1 fully saturated rings. The van der Waals surface area contributed by atoms with E-state index in [2.05, 4.69) is 17.6 Å². The predicted octanol–water partition coefficient (Wildman–Crippen LogP) is 2.66.